The quantitative estimate of drug-likeness (QED) is 0.817. The molecule has 0 unspecified atom stereocenters. The molecule has 3 heterocycles. The fourth-order valence-electron chi connectivity index (χ4n) is 2.95. The Kier molecular flexibility index (Phi) is 3.75. The molecule has 2 fully saturated rings. The van der Waals surface area contributed by atoms with Crippen molar-refractivity contribution in [3.05, 3.63) is 30.1 Å². The Bertz CT molecular complexity index is 436. The molecule has 2 saturated heterocycles. The highest BCUT2D eigenvalue weighted by molar-refractivity contribution is 5.94. The average Bonchev–Trinajstić information content (AvgIpc) is 2.48. The zero-order valence-corrected chi connectivity index (χ0v) is 10.8. The lowest BCUT2D eigenvalue weighted by Gasteiger charge is -2.41. The number of fused-ring (bicyclic) bond motifs is 1. The summed E-state index contributed by atoms with van der Waals surface area (Å²) < 4.78 is 5.86. The van der Waals surface area contributed by atoms with E-state index in [4.69, 9.17) is 4.74 Å². The molecule has 5 nitrogen and oxygen atoms in total. The van der Waals surface area contributed by atoms with E-state index in [9.17, 15) is 4.79 Å². The van der Waals surface area contributed by atoms with Gasteiger partial charge in [-0.2, -0.15) is 0 Å². The van der Waals surface area contributed by atoms with Crippen LogP contribution < -0.4 is 10.6 Å². The first-order valence-corrected chi connectivity index (χ1v) is 6.88. The SMILES string of the molecule is O=C(N[C@@H]1CNC[C@@H]2CCCO[C@@H]21)c1cccnc1. The van der Waals surface area contributed by atoms with Crippen LogP contribution in [0.5, 0.6) is 0 Å². The lowest BCUT2D eigenvalue weighted by molar-refractivity contribution is -0.0573. The monoisotopic (exact) mass is 261 g/mol. The van der Waals surface area contributed by atoms with Crippen molar-refractivity contribution in [1.82, 2.24) is 15.6 Å². The molecule has 2 N–H and O–H groups in total. The topological polar surface area (TPSA) is 63.2 Å². The fourth-order valence-corrected chi connectivity index (χ4v) is 2.95. The van der Waals surface area contributed by atoms with E-state index >= 15 is 0 Å². The summed E-state index contributed by atoms with van der Waals surface area (Å²) in [6.45, 7) is 2.57. The lowest BCUT2D eigenvalue weighted by Crippen LogP contribution is -2.60. The molecule has 102 valence electrons. The number of piperidine rings is 1. The number of ether oxygens (including phenoxy) is 1. The van der Waals surface area contributed by atoms with Crippen molar-refractivity contribution in [3.8, 4) is 0 Å². The van der Waals surface area contributed by atoms with E-state index in [1.807, 2.05) is 0 Å². The predicted molar refractivity (Wildman–Crippen MR) is 70.8 cm³/mol. The molecule has 3 rings (SSSR count). The Labute approximate surface area is 112 Å². The molecule has 0 aromatic carbocycles. The molecule has 2 aliphatic rings. The van der Waals surface area contributed by atoms with Crippen molar-refractivity contribution >= 4 is 5.91 Å². The molecule has 19 heavy (non-hydrogen) atoms. The predicted octanol–water partition coefficient (Wildman–Crippen LogP) is 0.578. The Morgan fingerprint density at radius 2 is 2.42 bits per heavy atom. The van der Waals surface area contributed by atoms with Crippen LogP contribution in [0.4, 0.5) is 0 Å². The van der Waals surface area contributed by atoms with Crippen LogP contribution in [-0.2, 0) is 4.74 Å². The summed E-state index contributed by atoms with van der Waals surface area (Å²) in [7, 11) is 0. The number of nitrogens with one attached hydrogen (secondary N) is 2. The third-order valence-corrected chi connectivity index (χ3v) is 3.90. The maximum absolute atomic E-state index is 12.2. The van der Waals surface area contributed by atoms with E-state index in [0.29, 0.717) is 11.5 Å². The molecule has 1 aromatic heterocycles. The minimum Gasteiger partial charge on any atom is -0.376 e. The van der Waals surface area contributed by atoms with Gasteiger partial charge in [-0.3, -0.25) is 9.78 Å². The normalized spacial score (nSPS) is 30.4. The zero-order chi connectivity index (χ0) is 13.1. The summed E-state index contributed by atoms with van der Waals surface area (Å²) in [5.41, 5.74) is 0.598. The van der Waals surface area contributed by atoms with Crippen LogP contribution in [0.15, 0.2) is 24.5 Å². The van der Waals surface area contributed by atoms with Crippen LogP contribution >= 0.6 is 0 Å². The van der Waals surface area contributed by atoms with Gasteiger partial charge in [0.05, 0.1) is 17.7 Å². The Hall–Kier alpha value is -1.46. The number of aromatic nitrogens is 1. The van der Waals surface area contributed by atoms with Crippen LogP contribution in [0, 0.1) is 5.92 Å². The zero-order valence-electron chi connectivity index (χ0n) is 10.8. The van der Waals surface area contributed by atoms with Crippen LogP contribution in [0.3, 0.4) is 0 Å². The summed E-state index contributed by atoms with van der Waals surface area (Å²) >= 11 is 0. The third-order valence-electron chi connectivity index (χ3n) is 3.90. The van der Waals surface area contributed by atoms with E-state index in [2.05, 4.69) is 15.6 Å². The average molecular weight is 261 g/mol. The number of rotatable bonds is 2. The lowest BCUT2D eigenvalue weighted by atomic mass is 9.86. The number of nitrogens with zero attached hydrogens (tertiary/aromatic N) is 1. The Balaban J connectivity index is 1.66. The maximum Gasteiger partial charge on any atom is 0.253 e. The van der Waals surface area contributed by atoms with Gasteiger partial charge in [-0.15, -0.1) is 0 Å². The van der Waals surface area contributed by atoms with Gasteiger partial charge in [0.15, 0.2) is 0 Å². The maximum atomic E-state index is 12.2. The highest BCUT2D eigenvalue weighted by Gasteiger charge is 2.36. The van der Waals surface area contributed by atoms with Gasteiger partial charge in [0, 0.05) is 32.1 Å². The second kappa shape index (κ2) is 5.67. The number of hydrogen-bond donors (Lipinski definition) is 2. The van der Waals surface area contributed by atoms with Crippen LogP contribution in [-0.4, -0.2) is 42.7 Å². The fraction of sp³-hybridized carbons (Fsp3) is 0.571. The molecule has 3 atom stereocenters. The van der Waals surface area contributed by atoms with Crippen molar-refractivity contribution in [2.75, 3.05) is 19.7 Å². The van der Waals surface area contributed by atoms with Gasteiger partial charge < -0.3 is 15.4 Å². The van der Waals surface area contributed by atoms with Crippen LogP contribution in [0.25, 0.3) is 0 Å². The van der Waals surface area contributed by atoms with Crippen molar-refractivity contribution in [2.45, 2.75) is 25.0 Å². The number of pyridine rings is 1. The van der Waals surface area contributed by atoms with E-state index in [-0.39, 0.29) is 18.1 Å². The van der Waals surface area contributed by atoms with Gasteiger partial charge in [-0.25, -0.2) is 0 Å². The highest BCUT2D eigenvalue weighted by atomic mass is 16.5. The number of carbonyl (C=O) groups excluding carboxylic acids is 1. The van der Waals surface area contributed by atoms with Crippen molar-refractivity contribution in [1.29, 1.82) is 0 Å². The Morgan fingerprint density at radius 3 is 3.26 bits per heavy atom. The van der Waals surface area contributed by atoms with Gasteiger partial charge in [0.25, 0.3) is 5.91 Å². The molecule has 0 saturated carbocycles. The first-order chi connectivity index (χ1) is 9.34. The minimum absolute atomic E-state index is 0.0479. The molecular weight excluding hydrogens is 242 g/mol. The smallest absolute Gasteiger partial charge is 0.253 e. The van der Waals surface area contributed by atoms with Crippen molar-refractivity contribution in [3.63, 3.8) is 0 Å². The van der Waals surface area contributed by atoms with Gasteiger partial charge in [-0.1, -0.05) is 0 Å². The summed E-state index contributed by atoms with van der Waals surface area (Å²) in [6.07, 6.45) is 5.70. The minimum atomic E-state index is -0.0743. The number of hydrogen-bond acceptors (Lipinski definition) is 4. The van der Waals surface area contributed by atoms with Gasteiger partial charge in [0.2, 0.25) is 0 Å². The molecule has 0 spiro atoms. The first kappa shape index (κ1) is 12.6. The van der Waals surface area contributed by atoms with Gasteiger partial charge in [-0.05, 0) is 30.9 Å². The molecule has 0 bridgehead atoms. The summed E-state index contributed by atoms with van der Waals surface area (Å²) in [5.74, 6) is 0.441. The first-order valence-electron chi connectivity index (χ1n) is 6.88. The van der Waals surface area contributed by atoms with E-state index < -0.39 is 0 Å². The molecular formula is C14H19N3O2. The summed E-state index contributed by atoms with van der Waals surface area (Å²) in [5, 5.41) is 6.45. The highest BCUT2D eigenvalue weighted by Crippen LogP contribution is 2.25. The van der Waals surface area contributed by atoms with Gasteiger partial charge >= 0.3 is 0 Å². The van der Waals surface area contributed by atoms with Crippen LogP contribution in [0.1, 0.15) is 23.2 Å². The second-order valence-electron chi connectivity index (χ2n) is 5.22. The molecule has 1 aromatic rings. The summed E-state index contributed by atoms with van der Waals surface area (Å²) in [4.78, 5) is 16.1. The van der Waals surface area contributed by atoms with Crippen LogP contribution in [0.2, 0.25) is 0 Å². The molecule has 5 heteroatoms. The van der Waals surface area contributed by atoms with Crippen molar-refractivity contribution < 1.29 is 9.53 Å². The summed E-state index contributed by atoms with van der Waals surface area (Å²) in [6, 6.07) is 3.60. The van der Waals surface area contributed by atoms with Crippen molar-refractivity contribution in [2.24, 2.45) is 5.92 Å². The molecule has 1 amide bonds. The van der Waals surface area contributed by atoms with E-state index in [1.54, 1.807) is 24.5 Å². The second-order valence-corrected chi connectivity index (χ2v) is 5.22. The number of amides is 1. The molecule has 0 aliphatic carbocycles. The molecule has 2 aliphatic heterocycles. The third kappa shape index (κ3) is 2.77. The van der Waals surface area contributed by atoms with E-state index in [1.165, 1.54) is 6.42 Å². The number of carbonyl (C=O) groups is 1. The molecule has 0 radical (unpaired) electrons. The van der Waals surface area contributed by atoms with Gasteiger partial charge in [0.1, 0.15) is 0 Å². The van der Waals surface area contributed by atoms with E-state index in [0.717, 1.165) is 26.1 Å². The largest absolute Gasteiger partial charge is 0.376 e. The standard InChI is InChI=1S/C14H19N3O2/c18-14(11-3-1-5-15-8-11)17-12-9-16-7-10-4-2-6-19-13(10)12/h1,3,5,8,10,12-13,16H,2,4,6-7,9H2,(H,17,18)/t10-,12+,13-/m0/s1. The Morgan fingerprint density at radius 1 is 1.47 bits per heavy atom.